The molecule has 3 saturated heterocycles. The summed E-state index contributed by atoms with van der Waals surface area (Å²) in [6.45, 7) is 6.59. The molecule has 24 heavy (non-hydrogen) atoms. The van der Waals surface area contributed by atoms with E-state index in [4.69, 9.17) is 13.9 Å². The highest BCUT2D eigenvalue weighted by atomic mass is 16.5. The van der Waals surface area contributed by atoms with Crippen molar-refractivity contribution in [1.82, 2.24) is 9.80 Å². The predicted octanol–water partition coefficient (Wildman–Crippen LogP) is 1.62. The largest absolute Gasteiger partial charge is 0.459 e. The summed E-state index contributed by atoms with van der Waals surface area (Å²) in [5.74, 6) is 0.848. The molecule has 0 radical (unpaired) electrons. The molecule has 3 aliphatic rings. The first-order valence-electron chi connectivity index (χ1n) is 9.01. The summed E-state index contributed by atoms with van der Waals surface area (Å²) in [6, 6.07) is 3.46. The van der Waals surface area contributed by atoms with Crippen molar-refractivity contribution in [1.29, 1.82) is 0 Å². The van der Waals surface area contributed by atoms with Crippen molar-refractivity contribution in [3.8, 4) is 0 Å². The molecule has 0 bridgehead atoms. The van der Waals surface area contributed by atoms with Crippen LogP contribution in [0.5, 0.6) is 0 Å². The molecule has 3 aliphatic heterocycles. The van der Waals surface area contributed by atoms with Crippen LogP contribution in [0.1, 0.15) is 29.8 Å². The first kappa shape index (κ1) is 16.1. The van der Waals surface area contributed by atoms with Crippen LogP contribution in [0.15, 0.2) is 22.8 Å². The number of hydrogen-bond acceptors (Lipinski definition) is 5. The summed E-state index contributed by atoms with van der Waals surface area (Å²) in [5, 5.41) is 0. The smallest absolute Gasteiger partial charge is 0.289 e. The van der Waals surface area contributed by atoms with Crippen molar-refractivity contribution >= 4 is 5.91 Å². The second kappa shape index (κ2) is 6.86. The summed E-state index contributed by atoms with van der Waals surface area (Å²) in [7, 11) is 0. The maximum absolute atomic E-state index is 12.6. The van der Waals surface area contributed by atoms with Gasteiger partial charge in [-0.25, -0.2) is 0 Å². The third-order valence-electron chi connectivity index (χ3n) is 5.37. The molecule has 6 heteroatoms. The van der Waals surface area contributed by atoms with E-state index in [1.165, 1.54) is 32.2 Å². The molecule has 1 aromatic rings. The number of furan rings is 1. The Morgan fingerprint density at radius 1 is 1.29 bits per heavy atom. The molecule has 4 heterocycles. The fraction of sp³-hybridized carbons (Fsp3) is 0.722. The van der Waals surface area contributed by atoms with Gasteiger partial charge in [0.2, 0.25) is 0 Å². The molecule has 0 unspecified atom stereocenters. The van der Waals surface area contributed by atoms with E-state index in [1.807, 2.05) is 4.90 Å². The van der Waals surface area contributed by atoms with Crippen molar-refractivity contribution in [2.45, 2.75) is 24.9 Å². The molecule has 0 aliphatic carbocycles. The van der Waals surface area contributed by atoms with Crippen molar-refractivity contribution in [3.63, 3.8) is 0 Å². The van der Waals surface area contributed by atoms with E-state index in [0.29, 0.717) is 38.0 Å². The van der Waals surface area contributed by atoms with Gasteiger partial charge in [0.25, 0.3) is 5.91 Å². The van der Waals surface area contributed by atoms with Gasteiger partial charge in [0, 0.05) is 13.1 Å². The molecular weight excluding hydrogens is 308 g/mol. The van der Waals surface area contributed by atoms with Crippen LogP contribution in [-0.4, -0.2) is 73.9 Å². The van der Waals surface area contributed by atoms with Gasteiger partial charge in [0.15, 0.2) is 5.76 Å². The van der Waals surface area contributed by atoms with Crippen molar-refractivity contribution in [2.75, 3.05) is 52.5 Å². The maximum atomic E-state index is 12.6. The zero-order chi connectivity index (χ0) is 16.4. The molecular formula is C18H26N2O4. The van der Waals surface area contributed by atoms with Crippen LogP contribution < -0.4 is 0 Å². The molecule has 1 amide bonds. The minimum absolute atomic E-state index is 0.0727. The SMILES string of the molecule is O=C(c1ccco1)N1CCOC[C@]2(C[C@H](CN3CCCC3)CO2)C1. The normalized spacial score (nSPS) is 31.7. The number of ether oxygens (including phenoxy) is 2. The molecule has 3 fully saturated rings. The van der Waals surface area contributed by atoms with Gasteiger partial charge in [-0.2, -0.15) is 0 Å². The van der Waals surface area contributed by atoms with Gasteiger partial charge in [0.1, 0.15) is 5.60 Å². The van der Waals surface area contributed by atoms with E-state index in [0.717, 1.165) is 19.6 Å². The Balaban J connectivity index is 1.41. The van der Waals surface area contributed by atoms with Gasteiger partial charge in [-0.3, -0.25) is 4.79 Å². The monoisotopic (exact) mass is 334 g/mol. The third-order valence-corrected chi connectivity index (χ3v) is 5.37. The average molecular weight is 334 g/mol. The van der Waals surface area contributed by atoms with Crippen LogP contribution in [-0.2, 0) is 9.47 Å². The molecule has 1 spiro atoms. The number of likely N-dealkylation sites (tertiary alicyclic amines) is 1. The number of amides is 1. The highest BCUT2D eigenvalue weighted by molar-refractivity contribution is 5.91. The Kier molecular flexibility index (Phi) is 4.61. The first-order chi connectivity index (χ1) is 11.7. The van der Waals surface area contributed by atoms with E-state index in [2.05, 4.69) is 4.90 Å². The maximum Gasteiger partial charge on any atom is 0.289 e. The lowest BCUT2D eigenvalue weighted by atomic mass is 9.94. The Bertz CT molecular complexity index is 555. The lowest BCUT2D eigenvalue weighted by molar-refractivity contribution is -0.0540. The van der Waals surface area contributed by atoms with Crippen molar-refractivity contribution in [3.05, 3.63) is 24.2 Å². The van der Waals surface area contributed by atoms with E-state index < -0.39 is 0 Å². The van der Waals surface area contributed by atoms with Crippen LogP contribution in [0, 0.1) is 5.92 Å². The summed E-state index contributed by atoms with van der Waals surface area (Å²) >= 11 is 0. The number of nitrogens with zero attached hydrogens (tertiary/aromatic N) is 2. The zero-order valence-electron chi connectivity index (χ0n) is 14.1. The number of rotatable bonds is 3. The Morgan fingerprint density at radius 3 is 2.96 bits per heavy atom. The predicted molar refractivity (Wildman–Crippen MR) is 87.9 cm³/mol. The Hall–Kier alpha value is -1.37. The lowest BCUT2D eigenvalue weighted by Crippen LogP contribution is -2.46. The van der Waals surface area contributed by atoms with E-state index in [-0.39, 0.29) is 11.5 Å². The van der Waals surface area contributed by atoms with Gasteiger partial charge in [0.05, 0.1) is 32.6 Å². The fourth-order valence-corrected chi connectivity index (χ4v) is 4.23. The fourth-order valence-electron chi connectivity index (χ4n) is 4.23. The third kappa shape index (κ3) is 3.36. The summed E-state index contributed by atoms with van der Waals surface area (Å²) in [4.78, 5) is 17.0. The topological polar surface area (TPSA) is 55.2 Å². The van der Waals surface area contributed by atoms with Gasteiger partial charge in [-0.15, -0.1) is 0 Å². The van der Waals surface area contributed by atoms with Crippen molar-refractivity contribution in [2.24, 2.45) is 5.92 Å². The van der Waals surface area contributed by atoms with Crippen LogP contribution in [0.3, 0.4) is 0 Å². The Morgan fingerprint density at radius 2 is 2.17 bits per heavy atom. The standard InChI is InChI=1S/C18H26N2O4/c21-17(16-4-3-8-23-16)20-7-9-22-14-18(13-20)10-15(12-24-18)11-19-5-1-2-6-19/h3-4,8,15H,1-2,5-7,9-14H2/t15-,18+/m1/s1. The summed E-state index contributed by atoms with van der Waals surface area (Å²) in [5.41, 5.74) is -0.358. The number of hydrogen-bond donors (Lipinski definition) is 0. The molecule has 132 valence electrons. The van der Waals surface area contributed by atoms with Crippen molar-refractivity contribution < 1.29 is 18.7 Å². The molecule has 2 atom stereocenters. The van der Waals surface area contributed by atoms with Gasteiger partial charge < -0.3 is 23.7 Å². The Labute approximate surface area is 142 Å². The molecule has 4 rings (SSSR count). The molecule has 0 N–H and O–H groups in total. The average Bonchev–Trinajstić information content (AvgIpc) is 3.30. The summed E-state index contributed by atoms with van der Waals surface area (Å²) in [6.07, 6.45) is 5.13. The second-order valence-corrected chi connectivity index (χ2v) is 7.33. The number of carbonyl (C=O) groups is 1. The van der Waals surface area contributed by atoms with Crippen LogP contribution >= 0.6 is 0 Å². The second-order valence-electron chi connectivity index (χ2n) is 7.33. The van der Waals surface area contributed by atoms with Gasteiger partial charge >= 0.3 is 0 Å². The number of carbonyl (C=O) groups excluding carboxylic acids is 1. The van der Waals surface area contributed by atoms with Crippen LogP contribution in [0.2, 0.25) is 0 Å². The quantitative estimate of drug-likeness (QED) is 0.841. The minimum atomic E-state index is -0.358. The molecule has 1 aromatic heterocycles. The zero-order valence-corrected chi connectivity index (χ0v) is 14.1. The molecule has 0 saturated carbocycles. The highest BCUT2D eigenvalue weighted by Gasteiger charge is 2.44. The summed E-state index contributed by atoms with van der Waals surface area (Å²) < 4.78 is 17.3. The first-order valence-corrected chi connectivity index (χ1v) is 9.01. The van der Waals surface area contributed by atoms with Crippen LogP contribution in [0.4, 0.5) is 0 Å². The van der Waals surface area contributed by atoms with Crippen LogP contribution in [0.25, 0.3) is 0 Å². The highest BCUT2D eigenvalue weighted by Crippen LogP contribution is 2.34. The lowest BCUT2D eigenvalue weighted by Gasteiger charge is -2.31. The minimum Gasteiger partial charge on any atom is -0.459 e. The van der Waals surface area contributed by atoms with Gasteiger partial charge in [-0.1, -0.05) is 0 Å². The van der Waals surface area contributed by atoms with E-state index in [9.17, 15) is 4.79 Å². The van der Waals surface area contributed by atoms with E-state index >= 15 is 0 Å². The molecule has 6 nitrogen and oxygen atoms in total. The van der Waals surface area contributed by atoms with E-state index in [1.54, 1.807) is 12.1 Å². The van der Waals surface area contributed by atoms with Gasteiger partial charge in [-0.05, 0) is 50.4 Å². The molecule has 0 aromatic carbocycles.